The number of hydrogen-bond donors (Lipinski definition) is 1. The molecule has 1 fully saturated rings. The number of nitrogens with zero attached hydrogens (tertiary/aromatic N) is 1. The molecule has 1 aliphatic carbocycles. The smallest absolute Gasteiger partial charge is 0.191 e. The highest BCUT2D eigenvalue weighted by molar-refractivity contribution is 8.14. The molecule has 0 amide bonds. The molecule has 2 aliphatic rings. The summed E-state index contributed by atoms with van der Waals surface area (Å²) in [6.45, 7) is 0. The molecule has 10 heteroatoms. The lowest BCUT2D eigenvalue weighted by molar-refractivity contribution is -0.133. The van der Waals surface area contributed by atoms with Crippen molar-refractivity contribution in [3.05, 3.63) is 28.3 Å². The molecular formula is C17H16ClNO6S2. The van der Waals surface area contributed by atoms with Crippen LogP contribution in [0.4, 0.5) is 0 Å². The van der Waals surface area contributed by atoms with E-state index >= 15 is 0 Å². The molecule has 1 unspecified atom stereocenters. The van der Waals surface area contributed by atoms with Crippen LogP contribution < -0.4 is 0 Å². The fraction of sp³-hybridized carbons (Fsp3) is 0.412. The monoisotopic (exact) mass is 429 g/mol. The van der Waals surface area contributed by atoms with E-state index < -0.39 is 37.7 Å². The summed E-state index contributed by atoms with van der Waals surface area (Å²) >= 11 is 7.41. The second-order valence-electron chi connectivity index (χ2n) is 6.30. The lowest BCUT2D eigenvalue weighted by Gasteiger charge is -2.19. The number of carbonyl (C=O) groups is 3. The Morgan fingerprint density at radius 3 is 2.59 bits per heavy atom. The molecule has 7 nitrogen and oxygen atoms in total. The molecule has 1 N–H and O–H groups in total. The van der Waals surface area contributed by atoms with Gasteiger partial charge in [-0.25, -0.2) is 8.42 Å². The second-order valence-corrected chi connectivity index (χ2v) is 10.3. The summed E-state index contributed by atoms with van der Waals surface area (Å²) in [7, 11) is -3.65. The van der Waals surface area contributed by atoms with Crippen LogP contribution in [0.2, 0.25) is 5.02 Å². The van der Waals surface area contributed by atoms with Crippen LogP contribution >= 0.6 is 23.4 Å². The number of ketones is 3. The summed E-state index contributed by atoms with van der Waals surface area (Å²) in [5.74, 6) is -2.66. The summed E-state index contributed by atoms with van der Waals surface area (Å²) in [6.07, 6.45) is 2.05. The van der Waals surface area contributed by atoms with Crippen LogP contribution in [-0.4, -0.2) is 47.5 Å². The van der Waals surface area contributed by atoms with E-state index in [1.807, 2.05) is 0 Å². The Morgan fingerprint density at radius 2 is 1.96 bits per heavy atom. The van der Waals surface area contributed by atoms with Crippen molar-refractivity contribution in [1.29, 1.82) is 0 Å². The third-order valence-corrected chi connectivity index (χ3v) is 9.01. The number of halogens is 1. The zero-order chi connectivity index (χ0) is 19.8. The molecule has 0 aromatic heterocycles. The van der Waals surface area contributed by atoms with Crippen LogP contribution in [0, 0.1) is 5.92 Å². The van der Waals surface area contributed by atoms with E-state index in [4.69, 9.17) is 16.8 Å². The van der Waals surface area contributed by atoms with Crippen molar-refractivity contribution in [3.8, 4) is 0 Å². The Morgan fingerprint density at radius 1 is 1.30 bits per heavy atom. The molecule has 0 radical (unpaired) electrons. The van der Waals surface area contributed by atoms with Gasteiger partial charge in [0.2, 0.25) is 0 Å². The van der Waals surface area contributed by atoms with E-state index in [9.17, 15) is 22.8 Å². The van der Waals surface area contributed by atoms with E-state index in [1.54, 1.807) is 0 Å². The van der Waals surface area contributed by atoms with Gasteiger partial charge in [-0.2, -0.15) is 0 Å². The number of fused-ring (bicyclic) bond motifs is 1. The molecule has 1 aromatic rings. The van der Waals surface area contributed by atoms with Gasteiger partial charge in [-0.05, 0) is 24.1 Å². The minimum Gasteiger partial charge on any atom is -0.411 e. The number of thioether (sulfide) groups is 1. The van der Waals surface area contributed by atoms with Crippen LogP contribution in [0.15, 0.2) is 22.2 Å². The Kier molecular flexibility index (Phi) is 5.73. The Balaban J connectivity index is 1.95. The first-order valence-electron chi connectivity index (χ1n) is 8.21. The Hall–Kier alpha value is -1.71. The third kappa shape index (κ3) is 3.55. The van der Waals surface area contributed by atoms with Gasteiger partial charge in [0, 0.05) is 30.6 Å². The fourth-order valence-corrected chi connectivity index (χ4v) is 7.12. The number of carbonyl (C=O) groups excluding carboxylic acids is 3. The van der Waals surface area contributed by atoms with E-state index in [2.05, 4.69) is 5.16 Å². The molecule has 144 valence electrons. The molecule has 0 saturated heterocycles. The van der Waals surface area contributed by atoms with Gasteiger partial charge < -0.3 is 5.21 Å². The van der Waals surface area contributed by atoms with E-state index in [0.717, 1.165) is 11.8 Å². The first kappa shape index (κ1) is 20.0. The number of oxime groups is 1. The molecule has 1 aromatic carbocycles. The van der Waals surface area contributed by atoms with Crippen molar-refractivity contribution < 1.29 is 28.0 Å². The molecule has 1 atom stereocenters. The van der Waals surface area contributed by atoms with E-state index in [0.29, 0.717) is 12.0 Å². The number of rotatable bonds is 5. The standard InChI is InChI=1S/C17H16ClNO6S2/c18-16-9(17(22)15-11(20)2-1-3-12(15)21)4-5-13-10(16)8-14(27(13,24)25)26-7-6-19-23/h4-6,14-15,23H,1-3,7-8H2. The SMILES string of the molecule is O=C1CCCC(=O)C1C(=O)c1ccc2c(c1Cl)CC(SCC=NO)S2(=O)=O. The maximum atomic E-state index is 12.8. The van der Waals surface area contributed by atoms with Crippen molar-refractivity contribution in [3.63, 3.8) is 0 Å². The highest BCUT2D eigenvalue weighted by Crippen LogP contribution is 2.42. The van der Waals surface area contributed by atoms with E-state index in [-0.39, 0.29) is 40.5 Å². The summed E-state index contributed by atoms with van der Waals surface area (Å²) in [5, 5.41) is 11.3. The minimum absolute atomic E-state index is 0.00165. The van der Waals surface area contributed by atoms with Crippen LogP contribution in [0.3, 0.4) is 0 Å². The molecule has 0 bridgehead atoms. The number of Topliss-reactive ketones (excluding diaryl/α,β-unsaturated/α-hetero) is 3. The fourth-order valence-electron chi connectivity index (χ4n) is 3.35. The zero-order valence-corrected chi connectivity index (χ0v) is 16.4. The highest BCUT2D eigenvalue weighted by Gasteiger charge is 2.42. The summed E-state index contributed by atoms with van der Waals surface area (Å²) in [5.41, 5.74) is 0.318. The van der Waals surface area contributed by atoms with Crippen LogP contribution in [0.25, 0.3) is 0 Å². The normalized spacial score (nSPS) is 22.3. The van der Waals surface area contributed by atoms with Gasteiger partial charge in [-0.15, -0.1) is 16.9 Å². The average molecular weight is 430 g/mol. The quantitative estimate of drug-likeness (QED) is 0.251. The molecule has 1 saturated carbocycles. The predicted molar refractivity (Wildman–Crippen MR) is 101 cm³/mol. The minimum atomic E-state index is -3.65. The lowest BCUT2D eigenvalue weighted by atomic mass is 9.81. The van der Waals surface area contributed by atoms with Gasteiger partial charge in [0.05, 0.1) is 16.1 Å². The van der Waals surface area contributed by atoms with E-state index in [1.165, 1.54) is 18.3 Å². The van der Waals surface area contributed by atoms with Crippen LogP contribution in [0.1, 0.15) is 35.2 Å². The van der Waals surface area contributed by atoms with Gasteiger partial charge in [0.15, 0.2) is 27.2 Å². The molecule has 0 spiro atoms. The summed E-state index contributed by atoms with van der Waals surface area (Å²) < 4.78 is 24.5. The number of hydrogen-bond acceptors (Lipinski definition) is 8. The Bertz CT molecular complexity index is 940. The highest BCUT2D eigenvalue weighted by atomic mass is 35.5. The summed E-state index contributed by atoms with van der Waals surface area (Å²) in [4.78, 5) is 36.9. The topological polar surface area (TPSA) is 118 Å². The van der Waals surface area contributed by atoms with Crippen molar-refractivity contribution in [2.24, 2.45) is 11.1 Å². The molecule has 1 aliphatic heterocycles. The van der Waals surface area contributed by atoms with Crippen LogP contribution in [0.5, 0.6) is 0 Å². The molecular weight excluding hydrogens is 414 g/mol. The number of benzene rings is 1. The van der Waals surface area contributed by atoms with Crippen molar-refractivity contribution in [2.75, 3.05) is 5.75 Å². The molecule has 3 rings (SSSR count). The van der Waals surface area contributed by atoms with Crippen molar-refractivity contribution in [2.45, 2.75) is 35.2 Å². The molecule has 1 heterocycles. The predicted octanol–water partition coefficient (Wildman–Crippen LogP) is 2.31. The van der Waals surface area contributed by atoms with Gasteiger partial charge in [0.1, 0.15) is 10.5 Å². The van der Waals surface area contributed by atoms with Gasteiger partial charge in [-0.3, -0.25) is 14.4 Å². The third-order valence-electron chi connectivity index (χ3n) is 4.68. The van der Waals surface area contributed by atoms with Crippen LogP contribution in [-0.2, 0) is 25.8 Å². The Labute approximate surface area is 165 Å². The van der Waals surface area contributed by atoms with Crippen molar-refractivity contribution in [1.82, 2.24) is 0 Å². The largest absolute Gasteiger partial charge is 0.411 e. The van der Waals surface area contributed by atoms with Gasteiger partial charge >= 0.3 is 0 Å². The first-order chi connectivity index (χ1) is 12.8. The maximum Gasteiger partial charge on any atom is 0.191 e. The van der Waals surface area contributed by atoms with Crippen molar-refractivity contribution >= 4 is 56.8 Å². The average Bonchev–Trinajstić information content (AvgIpc) is 2.87. The van der Waals surface area contributed by atoms with Gasteiger partial charge in [-0.1, -0.05) is 11.6 Å². The summed E-state index contributed by atoms with van der Waals surface area (Å²) in [6, 6.07) is 2.58. The maximum absolute atomic E-state index is 12.8. The molecule has 27 heavy (non-hydrogen) atoms. The number of sulfone groups is 1. The first-order valence-corrected chi connectivity index (χ1v) is 11.2. The zero-order valence-electron chi connectivity index (χ0n) is 14.1. The second kappa shape index (κ2) is 7.73. The van der Waals surface area contributed by atoms with Gasteiger partial charge in [0.25, 0.3) is 0 Å². The lowest BCUT2D eigenvalue weighted by Crippen LogP contribution is -2.35.